The molecule has 4 unspecified atom stereocenters. The Kier molecular flexibility index (Phi) is 4.15. The van der Waals surface area contributed by atoms with Crippen molar-refractivity contribution in [2.45, 2.75) is 23.4 Å². The van der Waals surface area contributed by atoms with Crippen molar-refractivity contribution in [2.75, 3.05) is 6.61 Å². The summed E-state index contributed by atoms with van der Waals surface area (Å²) in [4.78, 5) is 12.3. The zero-order chi connectivity index (χ0) is 14.2. The summed E-state index contributed by atoms with van der Waals surface area (Å²) < 4.78 is 5.10. The molecule has 0 aromatic heterocycles. The maximum Gasteiger partial charge on any atom is 0.234 e. The second-order valence-electron chi connectivity index (χ2n) is 4.23. The second kappa shape index (κ2) is 5.36. The smallest absolute Gasteiger partial charge is 0.234 e. The Labute approximate surface area is 119 Å². The first-order chi connectivity index (χ1) is 8.91. The van der Waals surface area contributed by atoms with Crippen LogP contribution in [0.5, 0.6) is 0 Å². The third-order valence-corrected chi connectivity index (χ3v) is 3.83. The van der Waals surface area contributed by atoms with E-state index in [2.05, 4.69) is 0 Å². The Balaban J connectivity index is 2.36. The van der Waals surface area contributed by atoms with E-state index in [9.17, 15) is 15.0 Å². The first-order valence-corrected chi connectivity index (χ1v) is 6.30. The highest BCUT2D eigenvalue weighted by atomic mass is 35.5. The number of hydrogen-bond acceptors (Lipinski definition) is 5. The predicted octanol–water partition coefficient (Wildman–Crippen LogP) is 0.571. The van der Waals surface area contributed by atoms with Crippen molar-refractivity contribution in [2.24, 2.45) is 0 Å². The molecule has 0 saturated carbocycles. The molecule has 2 rings (SSSR count). The van der Waals surface area contributed by atoms with Crippen molar-refractivity contribution in [1.82, 2.24) is 0 Å². The fourth-order valence-corrected chi connectivity index (χ4v) is 2.51. The molecule has 19 heavy (non-hydrogen) atoms. The lowest BCUT2D eigenvalue weighted by Crippen LogP contribution is -2.45. The molecule has 0 aliphatic carbocycles. The summed E-state index contributed by atoms with van der Waals surface area (Å²) in [5.74, 6) is -0.762. The number of carbonyl (C=O) groups excluding carboxylic acids is 1. The average molecular weight is 307 g/mol. The summed E-state index contributed by atoms with van der Waals surface area (Å²) in [5, 5.41) is 26.5. The van der Waals surface area contributed by atoms with Gasteiger partial charge in [0.15, 0.2) is 0 Å². The number of Topliss-reactive ketones (excluding diaryl/α,β-unsaturated/α-hetero) is 1. The number of carbonyl (C=O) groups is 1. The number of alkyl halides is 1. The highest BCUT2D eigenvalue weighted by molar-refractivity contribution is 6.41. The molecule has 5 nitrogen and oxygen atoms in total. The number of rotatable bonds is 3. The normalized spacial score (nSPS) is 34.5. The Morgan fingerprint density at radius 2 is 2.00 bits per heavy atom. The minimum Gasteiger partial charge on any atom is -0.394 e. The molecule has 1 aliphatic rings. The van der Waals surface area contributed by atoms with Crippen LogP contribution in [-0.4, -0.2) is 51.1 Å². The first kappa shape index (κ1) is 14.7. The third-order valence-electron chi connectivity index (χ3n) is 3.02. The van der Waals surface area contributed by atoms with Gasteiger partial charge in [-0.15, -0.1) is 0 Å². The number of halogens is 2. The van der Waals surface area contributed by atoms with Gasteiger partial charge in [-0.1, -0.05) is 35.3 Å². The van der Waals surface area contributed by atoms with Gasteiger partial charge in [0.25, 0.3) is 0 Å². The van der Waals surface area contributed by atoms with Crippen molar-refractivity contribution in [1.29, 1.82) is 0 Å². The predicted molar refractivity (Wildman–Crippen MR) is 68.3 cm³/mol. The lowest BCUT2D eigenvalue weighted by Gasteiger charge is -2.23. The molecule has 104 valence electrons. The molecular weight excluding hydrogens is 295 g/mol. The number of aliphatic hydroxyl groups excluding tert-OH is 3. The maximum absolute atomic E-state index is 12.3. The van der Waals surface area contributed by atoms with Gasteiger partial charge in [-0.3, -0.25) is 4.79 Å². The fourth-order valence-electron chi connectivity index (χ4n) is 1.94. The minimum absolute atomic E-state index is 0.0732. The lowest BCUT2D eigenvalue weighted by atomic mass is 9.99. The topological polar surface area (TPSA) is 87.0 Å². The van der Waals surface area contributed by atoms with E-state index in [1.54, 1.807) is 12.1 Å². The van der Waals surface area contributed by atoms with E-state index >= 15 is 0 Å². The van der Waals surface area contributed by atoms with E-state index in [0.717, 1.165) is 0 Å². The van der Waals surface area contributed by atoms with Crippen LogP contribution < -0.4 is 0 Å². The van der Waals surface area contributed by atoms with Gasteiger partial charge in [0, 0.05) is 5.56 Å². The van der Waals surface area contributed by atoms with Gasteiger partial charge in [0.2, 0.25) is 10.8 Å². The molecule has 4 atom stereocenters. The van der Waals surface area contributed by atoms with Gasteiger partial charge in [-0.05, 0) is 12.1 Å². The quantitative estimate of drug-likeness (QED) is 0.561. The van der Waals surface area contributed by atoms with Crippen LogP contribution in [0.2, 0.25) is 5.02 Å². The van der Waals surface area contributed by atoms with Crippen LogP contribution in [0.4, 0.5) is 0 Å². The monoisotopic (exact) mass is 306 g/mol. The summed E-state index contributed by atoms with van der Waals surface area (Å²) in [6, 6.07) is 6.15. The van der Waals surface area contributed by atoms with E-state index in [4.69, 9.17) is 33.0 Å². The highest BCUT2D eigenvalue weighted by Crippen LogP contribution is 2.38. The van der Waals surface area contributed by atoms with Crippen molar-refractivity contribution < 1.29 is 24.9 Å². The molecule has 1 aromatic rings. The van der Waals surface area contributed by atoms with Gasteiger partial charge in [0.05, 0.1) is 11.6 Å². The molecular formula is C12H12Cl2O5. The number of benzene rings is 1. The molecule has 1 heterocycles. The van der Waals surface area contributed by atoms with Crippen LogP contribution >= 0.6 is 23.2 Å². The zero-order valence-electron chi connectivity index (χ0n) is 9.66. The minimum atomic E-state index is -2.15. The molecule has 3 N–H and O–H groups in total. The van der Waals surface area contributed by atoms with E-state index in [0.29, 0.717) is 0 Å². The van der Waals surface area contributed by atoms with E-state index < -0.39 is 35.8 Å². The van der Waals surface area contributed by atoms with Gasteiger partial charge < -0.3 is 20.1 Å². The SMILES string of the molecule is O=C(c1ccccc1Cl)C1(Cl)OC(CO)C(O)C1O. The molecule has 1 fully saturated rings. The number of hydrogen-bond donors (Lipinski definition) is 3. The summed E-state index contributed by atoms with van der Waals surface area (Å²) in [7, 11) is 0. The summed E-state index contributed by atoms with van der Waals surface area (Å²) in [6.07, 6.45) is -4.23. The van der Waals surface area contributed by atoms with Gasteiger partial charge >= 0.3 is 0 Å². The highest BCUT2D eigenvalue weighted by Gasteiger charge is 2.58. The fraction of sp³-hybridized carbons (Fsp3) is 0.417. The van der Waals surface area contributed by atoms with Gasteiger partial charge in [-0.25, -0.2) is 0 Å². The standard InChI is InChI=1S/C12H12Cl2O5/c13-7-4-2-1-3-6(7)10(17)12(14)11(18)9(16)8(5-15)19-12/h1-4,8-9,11,15-16,18H,5H2. The Bertz CT molecular complexity index is 495. The van der Waals surface area contributed by atoms with Crippen LogP contribution in [-0.2, 0) is 4.74 Å². The molecule has 7 heteroatoms. The Morgan fingerprint density at radius 1 is 1.37 bits per heavy atom. The van der Waals surface area contributed by atoms with Crippen LogP contribution in [0.25, 0.3) is 0 Å². The lowest BCUT2D eigenvalue weighted by molar-refractivity contribution is -0.0295. The Morgan fingerprint density at radius 3 is 2.53 bits per heavy atom. The molecule has 0 amide bonds. The first-order valence-electron chi connectivity index (χ1n) is 5.55. The molecule has 0 spiro atoms. The van der Waals surface area contributed by atoms with Crippen molar-refractivity contribution in [3.05, 3.63) is 34.9 Å². The largest absolute Gasteiger partial charge is 0.394 e. The van der Waals surface area contributed by atoms with Crippen LogP contribution in [0, 0.1) is 0 Å². The summed E-state index contributed by atoms with van der Waals surface area (Å²) in [6.45, 7) is -0.567. The third kappa shape index (κ3) is 2.38. The summed E-state index contributed by atoms with van der Waals surface area (Å²) in [5.41, 5.74) is 0.0732. The van der Waals surface area contributed by atoms with Crippen molar-refractivity contribution in [3.63, 3.8) is 0 Å². The molecule has 0 radical (unpaired) electrons. The summed E-state index contributed by atoms with van der Waals surface area (Å²) >= 11 is 11.9. The van der Waals surface area contributed by atoms with E-state index in [-0.39, 0.29) is 10.6 Å². The van der Waals surface area contributed by atoms with Crippen molar-refractivity contribution in [3.8, 4) is 0 Å². The average Bonchev–Trinajstić information content (AvgIpc) is 2.64. The number of ketones is 1. The molecule has 1 aromatic carbocycles. The van der Waals surface area contributed by atoms with Gasteiger partial charge in [-0.2, -0.15) is 0 Å². The zero-order valence-corrected chi connectivity index (χ0v) is 11.2. The van der Waals surface area contributed by atoms with Gasteiger partial charge in [0.1, 0.15) is 18.3 Å². The Hall–Kier alpha value is -0.690. The van der Waals surface area contributed by atoms with E-state index in [1.807, 2.05) is 0 Å². The second-order valence-corrected chi connectivity index (χ2v) is 5.20. The molecule has 1 saturated heterocycles. The van der Waals surface area contributed by atoms with Crippen LogP contribution in [0.3, 0.4) is 0 Å². The number of aliphatic hydroxyl groups is 3. The molecule has 0 bridgehead atoms. The number of ether oxygens (including phenoxy) is 1. The molecule has 1 aliphatic heterocycles. The van der Waals surface area contributed by atoms with Crippen molar-refractivity contribution >= 4 is 29.0 Å². The maximum atomic E-state index is 12.3. The van der Waals surface area contributed by atoms with E-state index in [1.165, 1.54) is 12.1 Å². The van der Waals surface area contributed by atoms with Crippen LogP contribution in [0.1, 0.15) is 10.4 Å². The van der Waals surface area contributed by atoms with Crippen LogP contribution in [0.15, 0.2) is 24.3 Å².